The number of rotatable bonds is 13. The second kappa shape index (κ2) is 14.1. The Hall–Kier alpha value is -3.10. The van der Waals surface area contributed by atoms with Gasteiger partial charge in [0.1, 0.15) is 6.10 Å². The van der Waals surface area contributed by atoms with E-state index in [0.717, 1.165) is 18.9 Å². The number of aliphatic hydroxyl groups excluding tert-OH is 2. The number of nitrogens with one attached hydrogen (secondary N) is 2. The molecule has 1 rings (SSSR count). The first-order chi connectivity index (χ1) is 15.6. The number of aliphatic hydroxyl groups is 2. The number of unbranched alkanes of at least 4 members (excludes halogenated alkanes) is 1. The fourth-order valence-corrected chi connectivity index (χ4v) is 3.00. The highest BCUT2D eigenvalue weighted by Gasteiger charge is 2.46. The van der Waals surface area contributed by atoms with E-state index in [1.807, 2.05) is 6.92 Å². The van der Waals surface area contributed by atoms with Gasteiger partial charge in [0, 0.05) is 21.5 Å². The second-order valence-electron chi connectivity index (χ2n) is 7.20. The Bertz CT molecular complexity index is 733. The topological polar surface area (TPSA) is 228 Å². The number of alkyl carbamates (subject to hydrolysis) is 1. The van der Waals surface area contributed by atoms with Gasteiger partial charge in [-0.15, -0.1) is 0 Å². The molecular formula is C19H35N5O9. The van der Waals surface area contributed by atoms with Crippen LogP contribution in [0.15, 0.2) is 16.8 Å². The largest absolute Gasteiger partial charge is 0.477 e. The summed E-state index contributed by atoms with van der Waals surface area (Å²) in [6.07, 6.45) is -2.85. The third-order valence-electron chi connectivity index (χ3n) is 4.48. The van der Waals surface area contributed by atoms with Crippen LogP contribution in [0.2, 0.25) is 0 Å². The van der Waals surface area contributed by atoms with Crippen molar-refractivity contribution in [3.63, 3.8) is 0 Å². The van der Waals surface area contributed by atoms with Crippen molar-refractivity contribution in [2.24, 2.45) is 16.5 Å². The molecule has 9 N–H and O–H groups in total. The molecule has 2 amide bonds. The van der Waals surface area contributed by atoms with E-state index in [-0.39, 0.29) is 14.6 Å². The van der Waals surface area contributed by atoms with E-state index in [2.05, 4.69) is 15.6 Å². The minimum atomic E-state index is -1.69. The maximum Gasteiger partial charge on any atom is 0.407 e. The fourth-order valence-electron chi connectivity index (χ4n) is 3.00. The summed E-state index contributed by atoms with van der Waals surface area (Å²) in [5.74, 6) is -3.04. The van der Waals surface area contributed by atoms with Gasteiger partial charge in [-0.2, -0.15) is 0 Å². The Morgan fingerprint density at radius 1 is 1.33 bits per heavy atom. The van der Waals surface area contributed by atoms with Gasteiger partial charge in [0.05, 0.1) is 25.3 Å². The number of aliphatic imine (C=N–C) groups is 1. The zero-order valence-corrected chi connectivity index (χ0v) is 18.6. The molecule has 0 spiro atoms. The molecule has 14 heteroatoms. The van der Waals surface area contributed by atoms with Gasteiger partial charge in [-0.05, 0) is 12.5 Å². The van der Waals surface area contributed by atoms with Crippen molar-refractivity contribution in [3.8, 4) is 0 Å². The first-order valence-corrected chi connectivity index (χ1v) is 10.4. The zero-order valence-electron chi connectivity index (χ0n) is 18.6. The Kier molecular flexibility index (Phi) is 12.0. The predicted octanol–water partition coefficient (Wildman–Crippen LogP) is -1.99. The van der Waals surface area contributed by atoms with E-state index in [1.165, 1.54) is 6.92 Å². The number of carboxylic acids is 1. The Balaban J connectivity index is 0.0000109. The highest BCUT2D eigenvalue weighted by molar-refractivity contribution is 5.85. The molecule has 0 aromatic heterocycles. The van der Waals surface area contributed by atoms with Gasteiger partial charge in [-0.1, -0.05) is 13.3 Å². The normalized spacial score (nSPS) is 21.6. The van der Waals surface area contributed by atoms with Crippen LogP contribution in [0.5, 0.6) is 0 Å². The van der Waals surface area contributed by atoms with E-state index in [4.69, 9.17) is 25.7 Å². The van der Waals surface area contributed by atoms with Crippen LogP contribution in [0.1, 0.15) is 28.1 Å². The maximum atomic E-state index is 12.3. The summed E-state index contributed by atoms with van der Waals surface area (Å²) in [7, 11) is 0. The fraction of sp³-hybridized carbons (Fsp3) is 0.684. The van der Waals surface area contributed by atoms with E-state index < -0.39 is 66.7 Å². The average Bonchev–Trinajstić information content (AvgIpc) is 2.74. The van der Waals surface area contributed by atoms with Crippen LogP contribution in [0.4, 0.5) is 4.79 Å². The van der Waals surface area contributed by atoms with Gasteiger partial charge in [-0.3, -0.25) is 4.79 Å². The molecule has 0 unspecified atom stereocenters. The molecule has 1 aliphatic rings. The average molecular weight is 480 g/mol. The molecule has 0 aromatic rings. The van der Waals surface area contributed by atoms with Gasteiger partial charge >= 0.3 is 12.1 Å². The van der Waals surface area contributed by atoms with Gasteiger partial charge in [0.2, 0.25) is 11.7 Å². The van der Waals surface area contributed by atoms with Gasteiger partial charge in [0.25, 0.3) is 0 Å². The Labute approximate surface area is 192 Å². The van der Waals surface area contributed by atoms with Crippen molar-refractivity contribution >= 4 is 23.9 Å². The molecule has 1 heterocycles. The van der Waals surface area contributed by atoms with Crippen LogP contribution in [-0.4, -0.2) is 96.0 Å². The molecule has 14 nitrogen and oxygen atoms in total. The number of nitrogens with two attached hydrogens (primary N) is 2. The summed E-state index contributed by atoms with van der Waals surface area (Å²) in [6, 6.07) is -2.28. The minimum Gasteiger partial charge on any atom is -0.477 e. The van der Waals surface area contributed by atoms with Crippen LogP contribution in [0.3, 0.4) is 0 Å². The van der Waals surface area contributed by atoms with Crippen molar-refractivity contribution in [2.75, 3.05) is 26.4 Å². The van der Waals surface area contributed by atoms with Gasteiger partial charge in [-0.25, -0.2) is 14.6 Å². The van der Waals surface area contributed by atoms with Crippen LogP contribution in [0, 0.1) is 0 Å². The van der Waals surface area contributed by atoms with Crippen molar-refractivity contribution in [1.82, 2.24) is 10.6 Å². The minimum absolute atomic E-state index is 0. The standard InChI is InChI=1S/C19H33N5O9.H2/c1-3-4-6-31-7-5-22-19(30)33-15(12(27)9-25)16-14(23-10(2)26)11(24-18(20)21)8-13(32-16)17(28)29;/h8,11-12,14-16,25,27H,3-7,9H2,1-2H3,(H,22,30)(H,23,26)(H,28,29)(H4,20,21,24);1H/t11-,12+,14+,15+,16+;/m0./s1/i;1+2. The second-order valence-corrected chi connectivity index (χ2v) is 7.20. The highest BCUT2D eigenvalue weighted by atomic mass is 16.6. The molecule has 1 aliphatic heterocycles. The van der Waals surface area contributed by atoms with Crippen LogP contribution in [-0.2, 0) is 23.8 Å². The maximum absolute atomic E-state index is 12.3. The summed E-state index contributed by atoms with van der Waals surface area (Å²) in [6.45, 7) is 3.18. The smallest absolute Gasteiger partial charge is 0.407 e. The van der Waals surface area contributed by atoms with Crippen molar-refractivity contribution in [1.29, 1.82) is 0 Å². The molecule has 0 aliphatic carbocycles. The third-order valence-corrected chi connectivity index (χ3v) is 4.48. The summed E-state index contributed by atoms with van der Waals surface area (Å²) < 4.78 is 16.0. The number of guanidine groups is 1. The predicted molar refractivity (Wildman–Crippen MR) is 117 cm³/mol. The van der Waals surface area contributed by atoms with Crippen LogP contribution in [0.25, 0.3) is 0 Å². The number of aliphatic carboxylic acids is 1. The monoisotopic (exact) mass is 479 g/mol. The van der Waals surface area contributed by atoms with Crippen molar-refractivity contribution < 1.29 is 45.3 Å². The van der Waals surface area contributed by atoms with E-state index >= 15 is 0 Å². The van der Waals surface area contributed by atoms with Crippen molar-refractivity contribution in [3.05, 3.63) is 11.8 Å². The molecular weight excluding hydrogens is 442 g/mol. The van der Waals surface area contributed by atoms with E-state index in [9.17, 15) is 29.7 Å². The number of amides is 2. The molecule has 0 radical (unpaired) electrons. The van der Waals surface area contributed by atoms with Gasteiger partial charge in [0.15, 0.2) is 18.2 Å². The number of ether oxygens (including phenoxy) is 3. The molecule has 0 fully saturated rings. The number of carbonyl (C=O) groups excluding carboxylic acids is 2. The number of nitrogens with zero attached hydrogens (tertiary/aromatic N) is 1. The summed E-state index contributed by atoms with van der Waals surface area (Å²) in [4.78, 5) is 39.5. The number of carbonyl (C=O) groups is 3. The lowest BCUT2D eigenvalue weighted by Crippen LogP contribution is -2.61. The lowest BCUT2D eigenvalue weighted by Gasteiger charge is -2.39. The molecule has 0 saturated carbocycles. The Morgan fingerprint density at radius 3 is 2.58 bits per heavy atom. The molecule has 5 atom stereocenters. The van der Waals surface area contributed by atoms with E-state index in [1.54, 1.807) is 0 Å². The SMILES string of the molecule is CCCCOCCNC(=O)O[C@@H]([C@@H]1OC(C(=O)O)=C[C@H](N=C(N)N)[C@H]1NC(C)=O)[C@H](O)CO.[3HH]. The number of hydrogen-bond acceptors (Lipinski definition) is 9. The molecule has 190 valence electrons. The zero-order chi connectivity index (χ0) is 25.0. The van der Waals surface area contributed by atoms with Gasteiger partial charge < -0.3 is 51.6 Å². The number of hydrogen-bond donors (Lipinski definition) is 7. The number of carboxylic acid groups (broad SMARTS) is 1. The first-order valence-electron chi connectivity index (χ1n) is 10.4. The highest BCUT2D eigenvalue weighted by Crippen LogP contribution is 2.26. The lowest BCUT2D eigenvalue weighted by atomic mass is 9.92. The van der Waals surface area contributed by atoms with Crippen LogP contribution >= 0.6 is 0 Å². The van der Waals surface area contributed by atoms with E-state index in [0.29, 0.717) is 6.61 Å². The summed E-state index contributed by atoms with van der Waals surface area (Å²) >= 11 is 0. The quantitative estimate of drug-likeness (QED) is 0.0868. The molecule has 33 heavy (non-hydrogen) atoms. The third kappa shape index (κ3) is 9.51. The summed E-state index contributed by atoms with van der Waals surface area (Å²) in [5, 5.41) is 34.1. The van der Waals surface area contributed by atoms with Crippen LogP contribution < -0.4 is 22.1 Å². The lowest BCUT2D eigenvalue weighted by molar-refractivity contribution is -0.146. The van der Waals surface area contributed by atoms with Crippen molar-refractivity contribution in [2.45, 2.75) is 57.1 Å². The summed E-state index contributed by atoms with van der Waals surface area (Å²) in [5.41, 5.74) is 10.9. The Morgan fingerprint density at radius 2 is 2.03 bits per heavy atom. The first kappa shape index (κ1) is 27.9. The molecule has 0 saturated heterocycles. The molecule has 0 bridgehead atoms. The molecule has 0 aromatic carbocycles.